The van der Waals surface area contributed by atoms with Gasteiger partial charge in [0.1, 0.15) is 5.78 Å². The highest BCUT2D eigenvalue weighted by molar-refractivity contribution is 5.93. The third kappa shape index (κ3) is 3.85. The number of hydrogen-bond donors (Lipinski definition) is 1. The zero-order valence-electron chi connectivity index (χ0n) is 9.96. The molecule has 0 bridgehead atoms. The van der Waals surface area contributed by atoms with Crippen LogP contribution in [0.25, 0.3) is 0 Å². The summed E-state index contributed by atoms with van der Waals surface area (Å²) in [5.74, 6) is -0.0694. The highest BCUT2D eigenvalue weighted by Crippen LogP contribution is 2.16. The van der Waals surface area contributed by atoms with E-state index in [0.717, 1.165) is 16.8 Å². The third-order valence-corrected chi connectivity index (χ3v) is 2.37. The van der Waals surface area contributed by atoms with Crippen LogP contribution in [0, 0.1) is 13.8 Å². The predicted molar refractivity (Wildman–Crippen MR) is 64.5 cm³/mol. The van der Waals surface area contributed by atoms with E-state index >= 15 is 0 Å². The average molecular weight is 219 g/mol. The summed E-state index contributed by atoms with van der Waals surface area (Å²) in [7, 11) is 0. The fourth-order valence-corrected chi connectivity index (χ4v) is 1.37. The van der Waals surface area contributed by atoms with Gasteiger partial charge in [0.25, 0.3) is 0 Å². The maximum absolute atomic E-state index is 11.5. The summed E-state index contributed by atoms with van der Waals surface area (Å²) in [6.45, 7) is 5.41. The van der Waals surface area contributed by atoms with Gasteiger partial charge in [-0.2, -0.15) is 0 Å². The van der Waals surface area contributed by atoms with E-state index in [1.165, 1.54) is 6.92 Å². The van der Waals surface area contributed by atoms with Crippen molar-refractivity contribution in [1.82, 2.24) is 0 Å². The summed E-state index contributed by atoms with van der Waals surface area (Å²) >= 11 is 0. The van der Waals surface area contributed by atoms with E-state index in [4.69, 9.17) is 0 Å². The van der Waals surface area contributed by atoms with Crippen LogP contribution >= 0.6 is 0 Å². The van der Waals surface area contributed by atoms with Gasteiger partial charge in [-0.25, -0.2) is 0 Å². The van der Waals surface area contributed by atoms with Crippen LogP contribution in [0.3, 0.4) is 0 Å². The molecule has 1 rings (SSSR count). The van der Waals surface area contributed by atoms with E-state index in [1.54, 1.807) is 0 Å². The number of anilines is 1. The molecule has 0 saturated carbocycles. The predicted octanol–water partition coefficient (Wildman–Crippen LogP) is 2.61. The van der Waals surface area contributed by atoms with Gasteiger partial charge in [-0.3, -0.25) is 4.79 Å². The standard InChI is InChI=1S/C13H17NO2/c1-9-4-5-10(2)12(8-9)14-13(16)7-6-11(3)15/h4-5,8H,6-7H2,1-3H3,(H,14,16). The number of ketones is 1. The minimum Gasteiger partial charge on any atom is -0.326 e. The number of Topliss-reactive ketones (excluding diaryl/α,β-unsaturated/α-hetero) is 1. The lowest BCUT2D eigenvalue weighted by atomic mass is 10.1. The van der Waals surface area contributed by atoms with Gasteiger partial charge >= 0.3 is 0 Å². The molecule has 0 fully saturated rings. The zero-order valence-corrected chi connectivity index (χ0v) is 9.96. The summed E-state index contributed by atoms with van der Waals surface area (Å²) in [5, 5.41) is 2.82. The molecule has 0 saturated heterocycles. The Bertz CT molecular complexity index is 410. The van der Waals surface area contributed by atoms with Crippen molar-refractivity contribution >= 4 is 17.4 Å². The van der Waals surface area contributed by atoms with Gasteiger partial charge in [-0.1, -0.05) is 12.1 Å². The van der Waals surface area contributed by atoms with Crippen LogP contribution in [0.5, 0.6) is 0 Å². The van der Waals surface area contributed by atoms with Gasteiger partial charge in [-0.05, 0) is 38.0 Å². The van der Waals surface area contributed by atoms with Crippen LogP contribution < -0.4 is 5.32 Å². The van der Waals surface area contributed by atoms with Crippen molar-refractivity contribution < 1.29 is 9.59 Å². The van der Waals surface area contributed by atoms with E-state index in [-0.39, 0.29) is 18.1 Å². The molecule has 1 N–H and O–H groups in total. The molecule has 0 unspecified atom stereocenters. The summed E-state index contributed by atoms with van der Waals surface area (Å²) in [6, 6.07) is 5.90. The lowest BCUT2D eigenvalue weighted by Gasteiger charge is -2.08. The Hall–Kier alpha value is -1.64. The van der Waals surface area contributed by atoms with E-state index in [1.807, 2.05) is 32.0 Å². The largest absolute Gasteiger partial charge is 0.326 e. The first kappa shape index (κ1) is 12.4. The molecule has 0 atom stereocenters. The van der Waals surface area contributed by atoms with Crippen LogP contribution in [0.2, 0.25) is 0 Å². The molecule has 1 aromatic carbocycles. The minimum absolute atomic E-state index is 0.0381. The molecule has 1 aromatic rings. The molecule has 3 nitrogen and oxygen atoms in total. The molecule has 0 aliphatic heterocycles. The number of rotatable bonds is 4. The molecule has 0 aromatic heterocycles. The Morgan fingerprint density at radius 2 is 1.88 bits per heavy atom. The van der Waals surface area contributed by atoms with Gasteiger partial charge in [-0.15, -0.1) is 0 Å². The maximum atomic E-state index is 11.5. The highest BCUT2D eigenvalue weighted by Gasteiger charge is 2.06. The van der Waals surface area contributed by atoms with E-state index in [2.05, 4.69) is 5.32 Å². The molecule has 0 aliphatic carbocycles. The smallest absolute Gasteiger partial charge is 0.224 e. The van der Waals surface area contributed by atoms with Crippen molar-refractivity contribution in [1.29, 1.82) is 0 Å². The second-order valence-corrected chi connectivity index (χ2v) is 4.07. The molecule has 0 spiro atoms. The van der Waals surface area contributed by atoms with Crippen molar-refractivity contribution in [3.8, 4) is 0 Å². The molecule has 16 heavy (non-hydrogen) atoms. The quantitative estimate of drug-likeness (QED) is 0.846. The summed E-state index contributed by atoms with van der Waals surface area (Å²) in [6.07, 6.45) is 0.555. The average Bonchev–Trinajstić information content (AvgIpc) is 2.20. The van der Waals surface area contributed by atoms with Crippen LogP contribution in [-0.4, -0.2) is 11.7 Å². The second kappa shape index (κ2) is 5.45. The summed E-state index contributed by atoms with van der Waals surface area (Å²) in [5.41, 5.74) is 2.96. The monoisotopic (exact) mass is 219 g/mol. The normalized spacial score (nSPS) is 9.94. The van der Waals surface area contributed by atoms with Crippen molar-refractivity contribution in [2.75, 3.05) is 5.32 Å². The SMILES string of the molecule is CC(=O)CCC(=O)Nc1cc(C)ccc1C. The molecule has 0 heterocycles. The van der Waals surface area contributed by atoms with Crippen LogP contribution in [-0.2, 0) is 9.59 Å². The third-order valence-electron chi connectivity index (χ3n) is 2.37. The lowest BCUT2D eigenvalue weighted by molar-refractivity contribution is -0.121. The molecular formula is C13H17NO2. The molecule has 0 radical (unpaired) electrons. The van der Waals surface area contributed by atoms with Crippen molar-refractivity contribution in [2.45, 2.75) is 33.6 Å². The van der Waals surface area contributed by atoms with Gasteiger partial charge in [0.15, 0.2) is 0 Å². The number of amides is 1. The molecule has 1 amide bonds. The van der Waals surface area contributed by atoms with Crippen LogP contribution in [0.4, 0.5) is 5.69 Å². The number of carbonyl (C=O) groups excluding carboxylic acids is 2. The topological polar surface area (TPSA) is 46.2 Å². The summed E-state index contributed by atoms with van der Waals surface area (Å²) in [4.78, 5) is 22.3. The number of nitrogens with one attached hydrogen (secondary N) is 1. The van der Waals surface area contributed by atoms with Crippen molar-refractivity contribution in [2.24, 2.45) is 0 Å². The number of aryl methyl sites for hydroxylation is 2. The zero-order chi connectivity index (χ0) is 12.1. The number of carbonyl (C=O) groups is 2. The van der Waals surface area contributed by atoms with Gasteiger partial charge in [0.05, 0.1) is 0 Å². The maximum Gasteiger partial charge on any atom is 0.224 e. The van der Waals surface area contributed by atoms with Gasteiger partial charge in [0, 0.05) is 18.5 Å². The summed E-state index contributed by atoms with van der Waals surface area (Å²) < 4.78 is 0. The van der Waals surface area contributed by atoms with E-state index in [9.17, 15) is 9.59 Å². The van der Waals surface area contributed by atoms with E-state index in [0.29, 0.717) is 6.42 Å². The Morgan fingerprint density at radius 3 is 2.50 bits per heavy atom. The van der Waals surface area contributed by atoms with Gasteiger partial charge in [0.2, 0.25) is 5.91 Å². The van der Waals surface area contributed by atoms with Gasteiger partial charge < -0.3 is 10.1 Å². The first-order valence-corrected chi connectivity index (χ1v) is 5.35. The molecule has 3 heteroatoms. The molecular weight excluding hydrogens is 202 g/mol. The highest BCUT2D eigenvalue weighted by atomic mass is 16.2. The van der Waals surface area contributed by atoms with Crippen LogP contribution in [0.15, 0.2) is 18.2 Å². The number of benzene rings is 1. The second-order valence-electron chi connectivity index (χ2n) is 4.07. The Labute approximate surface area is 95.9 Å². The lowest BCUT2D eigenvalue weighted by Crippen LogP contribution is -2.13. The number of hydrogen-bond acceptors (Lipinski definition) is 2. The Kier molecular flexibility index (Phi) is 4.23. The first-order valence-electron chi connectivity index (χ1n) is 5.35. The Morgan fingerprint density at radius 1 is 1.19 bits per heavy atom. The first-order chi connectivity index (χ1) is 7.49. The minimum atomic E-state index is -0.107. The van der Waals surface area contributed by atoms with E-state index < -0.39 is 0 Å². The Balaban J connectivity index is 2.62. The van der Waals surface area contributed by atoms with Crippen LogP contribution in [0.1, 0.15) is 30.9 Å². The fraction of sp³-hybridized carbons (Fsp3) is 0.385. The van der Waals surface area contributed by atoms with Crippen molar-refractivity contribution in [3.63, 3.8) is 0 Å². The van der Waals surface area contributed by atoms with Crippen molar-refractivity contribution in [3.05, 3.63) is 29.3 Å². The molecule has 86 valence electrons. The fourth-order valence-electron chi connectivity index (χ4n) is 1.37. The molecule has 0 aliphatic rings.